The van der Waals surface area contributed by atoms with Gasteiger partial charge >= 0.3 is 0 Å². The van der Waals surface area contributed by atoms with Gasteiger partial charge in [0.05, 0.1) is 5.52 Å². The average Bonchev–Trinajstić information content (AvgIpc) is 2.79. The molecule has 5 nitrogen and oxygen atoms in total. The van der Waals surface area contributed by atoms with Gasteiger partial charge in [-0.1, -0.05) is 30.3 Å². The molecular weight excluding hydrogens is 381 g/mol. The van der Waals surface area contributed by atoms with E-state index in [0.717, 1.165) is 34.6 Å². The molecule has 6 heteroatoms. The molecule has 4 aromatic rings. The van der Waals surface area contributed by atoms with E-state index in [9.17, 15) is 4.39 Å². The number of benzene rings is 3. The lowest BCUT2D eigenvalue weighted by Crippen LogP contribution is -2.15. The molecule has 1 aliphatic rings. The van der Waals surface area contributed by atoms with Crippen molar-refractivity contribution < 1.29 is 13.9 Å². The summed E-state index contributed by atoms with van der Waals surface area (Å²) in [4.78, 5) is 8.44. The van der Waals surface area contributed by atoms with Gasteiger partial charge in [0.15, 0.2) is 11.5 Å². The van der Waals surface area contributed by atoms with E-state index in [1.165, 1.54) is 24.0 Å². The smallest absolute Gasteiger partial charge is 0.161 e. The van der Waals surface area contributed by atoms with Crippen molar-refractivity contribution in [1.29, 1.82) is 0 Å². The van der Waals surface area contributed by atoms with Crippen molar-refractivity contribution in [2.75, 3.05) is 25.1 Å². The number of fused-ring (bicyclic) bond motifs is 2. The topological polar surface area (TPSA) is 56.3 Å². The molecule has 0 spiro atoms. The molecular formula is C24H20FN3O2. The van der Waals surface area contributed by atoms with E-state index in [2.05, 4.69) is 39.6 Å². The van der Waals surface area contributed by atoms with E-state index >= 15 is 0 Å². The van der Waals surface area contributed by atoms with Crippen LogP contribution >= 0.6 is 0 Å². The van der Waals surface area contributed by atoms with E-state index in [1.54, 1.807) is 6.07 Å². The molecule has 5 rings (SSSR count). The average molecular weight is 401 g/mol. The maximum atomic E-state index is 13.6. The Labute approximate surface area is 173 Å². The quantitative estimate of drug-likeness (QED) is 0.518. The van der Waals surface area contributed by atoms with E-state index in [4.69, 9.17) is 9.47 Å². The first-order valence-corrected chi connectivity index (χ1v) is 9.89. The molecule has 1 aromatic heterocycles. The van der Waals surface area contributed by atoms with Crippen LogP contribution in [0.15, 0.2) is 67.0 Å². The Morgan fingerprint density at radius 1 is 0.833 bits per heavy atom. The highest BCUT2D eigenvalue weighted by molar-refractivity contribution is 5.88. The fourth-order valence-corrected chi connectivity index (χ4v) is 3.58. The Hall–Kier alpha value is -3.67. The van der Waals surface area contributed by atoms with Gasteiger partial charge in [-0.15, -0.1) is 0 Å². The number of nitrogens with one attached hydrogen (secondary N) is 1. The van der Waals surface area contributed by atoms with Crippen LogP contribution in [0.25, 0.3) is 22.0 Å². The van der Waals surface area contributed by atoms with Crippen LogP contribution in [0.5, 0.6) is 11.5 Å². The van der Waals surface area contributed by atoms with Crippen LogP contribution in [0, 0.1) is 5.82 Å². The fourth-order valence-electron chi connectivity index (χ4n) is 3.58. The summed E-state index contributed by atoms with van der Waals surface area (Å²) in [6.45, 7) is 1.86. The second-order valence-electron chi connectivity index (χ2n) is 7.12. The first kappa shape index (κ1) is 18.4. The van der Waals surface area contributed by atoms with E-state index < -0.39 is 0 Å². The Balaban J connectivity index is 1.26. The van der Waals surface area contributed by atoms with Gasteiger partial charge in [0.25, 0.3) is 0 Å². The third-order valence-corrected chi connectivity index (χ3v) is 5.13. The maximum Gasteiger partial charge on any atom is 0.161 e. The van der Waals surface area contributed by atoms with Crippen LogP contribution in [-0.4, -0.2) is 29.7 Å². The normalized spacial score (nSPS) is 12.7. The van der Waals surface area contributed by atoms with Crippen molar-refractivity contribution in [3.63, 3.8) is 0 Å². The lowest BCUT2D eigenvalue weighted by molar-refractivity contribution is 0.171. The zero-order valence-corrected chi connectivity index (χ0v) is 16.3. The first-order valence-electron chi connectivity index (χ1n) is 9.89. The zero-order valence-electron chi connectivity index (χ0n) is 16.3. The largest absolute Gasteiger partial charge is 0.486 e. The van der Waals surface area contributed by atoms with Gasteiger partial charge in [-0.2, -0.15) is 0 Å². The SMILES string of the molecule is Fc1ccc2ncnc(NCCc3ccc(-c4ccc5c(c4)OCCO5)cc3)c2c1. The summed E-state index contributed by atoms with van der Waals surface area (Å²) in [5.41, 5.74) is 4.14. The molecule has 0 atom stereocenters. The summed E-state index contributed by atoms with van der Waals surface area (Å²) < 4.78 is 24.8. The van der Waals surface area contributed by atoms with Crippen LogP contribution in [0.1, 0.15) is 5.56 Å². The van der Waals surface area contributed by atoms with Crippen molar-refractivity contribution in [1.82, 2.24) is 9.97 Å². The predicted octanol–water partition coefficient (Wildman–Crippen LogP) is 4.86. The summed E-state index contributed by atoms with van der Waals surface area (Å²) in [5, 5.41) is 3.98. The molecule has 0 radical (unpaired) electrons. The van der Waals surface area contributed by atoms with Gasteiger partial charge in [-0.3, -0.25) is 0 Å². The van der Waals surface area contributed by atoms with Crippen LogP contribution < -0.4 is 14.8 Å². The van der Waals surface area contributed by atoms with Gasteiger partial charge < -0.3 is 14.8 Å². The Morgan fingerprint density at radius 3 is 2.50 bits per heavy atom. The molecule has 1 N–H and O–H groups in total. The molecule has 0 saturated heterocycles. The van der Waals surface area contributed by atoms with Crippen LogP contribution in [0.3, 0.4) is 0 Å². The fraction of sp³-hybridized carbons (Fsp3) is 0.167. The summed E-state index contributed by atoms with van der Waals surface area (Å²) in [5.74, 6) is 1.94. The number of halogens is 1. The standard InChI is InChI=1S/C24H20FN3O2/c25-19-6-7-21-20(14-19)24(28-15-27-21)26-10-9-16-1-3-17(4-2-16)18-5-8-22-23(13-18)30-12-11-29-22/h1-8,13-15H,9-12H2,(H,26,27,28). The van der Waals surface area contributed by atoms with Crippen molar-refractivity contribution in [2.24, 2.45) is 0 Å². The second-order valence-corrected chi connectivity index (χ2v) is 7.12. The predicted molar refractivity (Wildman–Crippen MR) is 115 cm³/mol. The summed E-state index contributed by atoms with van der Waals surface area (Å²) >= 11 is 0. The number of ether oxygens (including phenoxy) is 2. The number of aromatic nitrogens is 2. The number of hydrogen-bond acceptors (Lipinski definition) is 5. The minimum Gasteiger partial charge on any atom is -0.486 e. The lowest BCUT2D eigenvalue weighted by atomic mass is 10.0. The van der Waals surface area contributed by atoms with Crippen LogP contribution in [0.2, 0.25) is 0 Å². The minimum absolute atomic E-state index is 0.296. The maximum absolute atomic E-state index is 13.6. The van der Waals surface area contributed by atoms with E-state index in [0.29, 0.717) is 31.0 Å². The van der Waals surface area contributed by atoms with Gasteiger partial charge in [0.2, 0.25) is 0 Å². The first-order chi connectivity index (χ1) is 14.8. The summed E-state index contributed by atoms with van der Waals surface area (Å²) in [6, 6.07) is 19.0. The van der Waals surface area contributed by atoms with Crippen LogP contribution in [0.4, 0.5) is 10.2 Å². The third-order valence-electron chi connectivity index (χ3n) is 5.13. The van der Waals surface area contributed by atoms with E-state index in [1.807, 2.05) is 18.2 Å². The molecule has 0 unspecified atom stereocenters. The van der Waals surface area contributed by atoms with Crippen molar-refractivity contribution in [3.05, 3.63) is 78.4 Å². The minimum atomic E-state index is -0.296. The zero-order chi connectivity index (χ0) is 20.3. The number of hydrogen-bond donors (Lipinski definition) is 1. The molecule has 1 aliphatic heterocycles. The van der Waals surface area contributed by atoms with Crippen molar-refractivity contribution in [2.45, 2.75) is 6.42 Å². The molecule has 2 heterocycles. The Bertz CT molecular complexity index is 1190. The van der Waals surface area contributed by atoms with Gasteiger partial charge in [0.1, 0.15) is 31.2 Å². The molecule has 0 aliphatic carbocycles. The van der Waals surface area contributed by atoms with Crippen molar-refractivity contribution in [3.8, 4) is 22.6 Å². The number of anilines is 1. The summed E-state index contributed by atoms with van der Waals surface area (Å²) in [7, 11) is 0. The molecule has 0 fully saturated rings. The number of nitrogens with zero attached hydrogens (tertiary/aromatic N) is 2. The molecule has 0 bridgehead atoms. The highest BCUT2D eigenvalue weighted by Gasteiger charge is 2.12. The Morgan fingerprint density at radius 2 is 1.63 bits per heavy atom. The monoisotopic (exact) mass is 401 g/mol. The number of rotatable bonds is 5. The van der Waals surface area contributed by atoms with Gasteiger partial charge in [-0.05, 0) is 53.4 Å². The summed E-state index contributed by atoms with van der Waals surface area (Å²) in [6.07, 6.45) is 2.31. The van der Waals surface area contributed by atoms with Gasteiger partial charge in [-0.25, -0.2) is 14.4 Å². The van der Waals surface area contributed by atoms with E-state index in [-0.39, 0.29) is 5.82 Å². The van der Waals surface area contributed by atoms with Gasteiger partial charge in [0, 0.05) is 11.9 Å². The second kappa shape index (κ2) is 7.99. The molecule has 0 saturated carbocycles. The Kier molecular flexibility index (Phi) is 4.89. The lowest BCUT2D eigenvalue weighted by Gasteiger charge is -2.19. The van der Waals surface area contributed by atoms with Crippen molar-refractivity contribution >= 4 is 16.7 Å². The molecule has 3 aromatic carbocycles. The third kappa shape index (κ3) is 3.76. The highest BCUT2D eigenvalue weighted by Crippen LogP contribution is 2.34. The molecule has 150 valence electrons. The highest BCUT2D eigenvalue weighted by atomic mass is 19.1. The van der Waals surface area contributed by atoms with Crippen LogP contribution in [-0.2, 0) is 6.42 Å². The molecule has 0 amide bonds. The molecule has 30 heavy (non-hydrogen) atoms.